The van der Waals surface area contributed by atoms with Gasteiger partial charge < -0.3 is 20.1 Å². The van der Waals surface area contributed by atoms with Crippen LogP contribution in [0.4, 0.5) is 4.79 Å². The van der Waals surface area contributed by atoms with E-state index in [1.165, 1.54) is 7.05 Å². The fraction of sp³-hybridized carbons (Fsp3) is 0.360. The Kier molecular flexibility index (Phi) is 7.88. The molecule has 180 valence electrons. The molecule has 0 spiro atoms. The van der Waals surface area contributed by atoms with Gasteiger partial charge >= 0.3 is 6.09 Å². The van der Waals surface area contributed by atoms with Crippen LogP contribution in [0.1, 0.15) is 38.3 Å². The van der Waals surface area contributed by atoms with Crippen LogP contribution < -0.4 is 15.4 Å². The third kappa shape index (κ3) is 6.57. The molecule has 2 aromatic carbocycles. The molecule has 9 nitrogen and oxygen atoms in total. The minimum absolute atomic E-state index is 0.287. The maximum absolute atomic E-state index is 12.2. The summed E-state index contributed by atoms with van der Waals surface area (Å²) in [5.74, 6) is 0.495. The van der Waals surface area contributed by atoms with E-state index in [4.69, 9.17) is 9.47 Å². The van der Waals surface area contributed by atoms with Gasteiger partial charge in [0.25, 0.3) is 0 Å². The van der Waals surface area contributed by atoms with Crippen molar-refractivity contribution in [1.29, 1.82) is 0 Å². The maximum atomic E-state index is 12.2. The summed E-state index contributed by atoms with van der Waals surface area (Å²) in [6.07, 6.45) is 3.35. The minimum Gasteiger partial charge on any atom is -0.497 e. The maximum Gasteiger partial charge on any atom is 0.408 e. The zero-order chi connectivity index (χ0) is 24.7. The third-order valence-corrected chi connectivity index (χ3v) is 4.99. The molecule has 1 aromatic heterocycles. The van der Waals surface area contributed by atoms with Crippen molar-refractivity contribution < 1.29 is 19.1 Å². The molecule has 1 heterocycles. The summed E-state index contributed by atoms with van der Waals surface area (Å²) in [4.78, 5) is 24.4. The van der Waals surface area contributed by atoms with Crippen LogP contribution in [0.25, 0.3) is 17.1 Å². The number of ether oxygens (including phenoxy) is 2. The smallest absolute Gasteiger partial charge is 0.408 e. The minimum atomic E-state index is -0.763. The van der Waals surface area contributed by atoms with Crippen molar-refractivity contribution in [2.45, 2.75) is 45.4 Å². The van der Waals surface area contributed by atoms with Gasteiger partial charge in [0.1, 0.15) is 22.9 Å². The zero-order valence-corrected chi connectivity index (χ0v) is 20.2. The van der Waals surface area contributed by atoms with Crippen LogP contribution in [-0.2, 0) is 16.1 Å². The van der Waals surface area contributed by atoms with E-state index >= 15 is 0 Å². The van der Waals surface area contributed by atoms with E-state index in [2.05, 4.69) is 20.9 Å². The summed E-state index contributed by atoms with van der Waals surface area (Å²) in [5.41, 5.74) is 2.94. The molecule has 0 fully saturated rings. The summed E-state index contributed by atoms with van der Waals surface area (Å²) < 4.78 is 12.3. The predicted molar refractivity (Wildman–Crippen MR) is 130 cm³/mol. The molecule has 0 aliphatic carbocycles. The lowest BCUT2D eigenvalue weighted by Gasteiger charge is -2.22. The van der Waals surface area contributed by atoms with Crippen molar-refractivity contribution >= 4 is 29.1 Å². The van der Waals surface area contributed by atoms with E-state index in [1.54, 1.807) is 27.9 Å². The van der Waals surface area contributed by atoms with E-state index < -0.39 is 17.7 Å². The fourth-order valence-electron chi connectivity index (χ4n) is 3.35. The Morgan fingerprint density at radius 3 is 2.53 bits per heavy atom. The highest BCUT2D eigenvalue weighted by Gasteiger charge is 2.22. The Morgan fingerprint density at radius 1 is 1.15 bits per heavy atom. The Labute approximate surface area is 199 Å². The van der Waals surface area contributed by atoms with Crippen molar-refractivity contribution in [2.24, 2.45) is 0 Å². The molecule has 0 aliphatic rings. The SMILES string of the molecule is CNC(=O)[C@H](C/C=C/c1cccc2c1nnn2Cc1ccc(OC)cc1)NC(=O)OC(C)(C)C. The average molecular weight is 466 g/mol. The molecule has 9 heteroatoms. The van der Waals surface area contributed by atoms with Crippen molar-refractivity contribution in [2.75, 3.05) is 14.2 Å². The zero-order valence-electron chi connectivity index (χ0n) is 20.2. The molecule has 0 unspecified atom stereocenters. The molecule has 0 aliphatic heterocycles. The van der Waals surface area contributed by atoms with Crippen LogP contribution in [0.15, 0.2) is 48.5 Å². The lowest BCUT2D eigenvalue weighted by Crippen LogP contribution is -2.47. The first-order chi connectivity index (χ1) is 16.2. The average Bonchev–Trinajstić information content (AvgIpc) is 3.20. The Balaban J connectivity index is 1.73. The van der Waals surface area contributed by atoms with Gasteiger partial charge in [-0.1, -0.05) is 41.6 Å². The standard InChI is InChI=1S/C25H31N5O4/c1-25(2,3)34-24(32)27-20(23(31)26-4)10-6-8-18-9-7-11-21-22(18)28-29-30(21)16-17-12-14-19(33-5)15-13-17/h6-9,11-15,20H,10,16H2,1-5H3,(H,26,31)(H,27,32)/b8-6+/t20-/m0/s1. The number of carbonyl (C=O) groups is 2. The summed E-state index contributed by atoms with van der Waals surface area (Å²) in [6, 6.07) is 12.9. The van der Waals surface area contributed by atoms with Gasteiger partial charge in [-0.05, 0) is 51.0 Å². The number of aromatic nitrogens is 3. The van der Waals surface area contributed by atoms with E-state index in [0.717, 1.165) is 27.9 Å². The number of nitrogens with one attached hydrogen (secondary N) is 2. The number of rotatable bonds is 8. The predicted octanol–water partition coefficient (Wildman–Crippen LogP) is 3.53. The number of methoxy groups -OCH3 is 1. The molecule has 2 N–H and O–H groups in total. The molecule has 0 bridgehead atoms. The second-order valence-electron chi connectivity index (χ2n) is 8.76. The second kappa shape index (κ2) is 10.8. The van der Waals surface area contributed by atoms with Gasteiger partial charge in [0.15, 0.2) is 0 Å². The molecule has 3 rings (SSSR count). The second-order valence-corrected chi connectivity index (χ2v) is 8.76. The first-order valence-electron chi connectivity index (χ1n) is 11.0. The van der Waals surface area contributed by atoms with E-state index in [9.17, 15) is 9.59 Å². The molecule has 0 radical (unpaired) electrons. The van der Waals surface area contributed by atoms with E-state index in [-0.39, 0.29) is 12.3 Å². The highest BCUT2D eigenvalue weighted by atomic mass is 16.6. The van der Waals surface area contributed by atoms with Crippen molar-refractivity contribution in [3.63, 3.8) is 0 Å². The van der Waals surface area contributed by atoms with Crippen molar-refractivity contribution in [3.8, 4) is 5.75 Å². The topological polar surface area (TPSA) is 107 Å². The van der Waals surface area contributed by atoms with Gasteiger partial charge in [-0.15, -0.1) is 5.10 Å². The van der Waals surface area contributed by atoms with Crippen LogP contribution >= 0.6 is 0 Å². The number of carbonyl (C=O) groups excluding carboxylic acids is 2. The fourth-order valence-corrected chi connectivity index (χ4v) is 3.35. The first-order valence-corrected chi connectivity index (χ1v) is 11.0. The number of benzene rings is 2. The largest absolute Gasteiger partial charge is 0.497 e. The normalized spacial score (nSPS) is 12.5. The lowest BCUT2D eigenvalue weighted by atomic mass is 10.1. The molecule has 3 aromatic rings. The Bertz CT molecular complexity index is 1160. The molecule has 1 atom stereocenters. The highest BCUT2D eigenvalue weighted by molar-refractivity contribution is 5.86. The third-order valence-electron chi connectivity index (χ3n) is 4.99. The quantitative estimate of drug-likeness (QED) is 0.527. The van der Waals surface area contributed by atoms with Crippen LogP contribution in [0.2, 0.25) is 0 Å². The molecule has 34 heavy (non-hydrogen) atoms. The van der Waals surface area contributed by atoms with Crippen LogP contribution in [0.5, 0.6) is 5.75 Å². The van der Waals surface area contributed by atoms with Gasteiger partial charge in [-0.2, -0.15) is 0 Å². The molecule has 0 saturated heterocycles. The summed E-state index contributed by atoms with van der Waals surface area (Å²) in [5, 5.41) is 13.9. The van der Waals surface area contributed by atoms with Gasteiger partial charge in [0.05, 0.1) is 19.2 Å². The number of likely N-dealkylation sites (N-methyl/N-ethyl adjacent to an activating group) is 1. The summed E-state index contributed by atoms with van der Waals surface area (Å²) in [7, 11) is 3.16. The van der Waals surface area contributed by atoms with E-state index in [0.29, 0.717) is 6.54 Å². The molecule has 0 saturated carbocycles. The highest BCUT2D eigenvalue weighted by Crippen LogP contribution is 2.20. The van der Waals surface area contributed by atoms with Crippen molar-refractivity contribution in [3.05, 3.63) is 59.7 Å². The summed E-state index contributed by atoms with van der Waals surface area (Å²) in [6.45, 7) is 5.88. The van der Waals surface area contributed by atoms with E-state index in [1.807, 2.05) is 59.3 Å². The Morgan fingerprint density at radius 2 is 1.88 bits per heavy atom. The van der Waals surface area contributed by atoms with Gasteiger partial charge in [-0.25, -0.2) is 9.48 Å². The van der Waals surface area contributed by atoms with Gasteiger partial charge in [-0.3, -0.25) is 4.79 Å². The van der Waals surface area contributed by atoms with Crippen molar-refractivity contribution in [1.82, 2.24) is 25.6 Å². The lowest BCUT2D eigenvalue weighted by molar-refractivity contribution is -0.122. The number of nitrogens with zero attached hydrogens (tertiary/aromatic N) is 3. The monoisotopic (exact) mass is 465 g/mol. The number of alkyl carbamates (subject to hydrolysis) is 1. The number of amides is 2. The summed E-state index contributed by atoms with van der Waals surface area (Å²) >= 11 is 0. The van der Waals surface area contributed by atoms with Crippen LogP contribution in [0, 0.1) is 0 Å². The van der Waals surface area contributed by atoms with Crippen LogP contribution in [0.3, 0.4) is 0 Å². The molecule has 2 amide bonds. The Hall–Kier alpha value is -3.88. The molecular weight excluding hydrogens is 434 g/mol. The number of hydrogen-bond donors (Lipinski definition) is 2. The van der Waals surface area contributed by atoms with Gasteiger partial charge in [0, 0.05) is 12.6 Å². The van der Waals surface area contributed by atoms with Gasteiger partial charge in [0.2, 0.25) is 5.91 Å². The molecular formula is C25H31N5O4. The first kappa shape index (κ1) is 24.8. The van der Waals surface area contributed by atoms with Crippen LogP contribution in [-0.4, -0.2) is 52.8 Å². The number of hydrogen-bond acceptors (Lipinski definition) is 6. The number of fused-ring (bicyclic) bond motifs is 1.